The van der Waals surface area contributed by atoms with Crippen molar-refractivity contribution < 1.29 is 0 Å². The summed E-state index contributed by atoms with van der Waals surface area (Å²) in [4.78, 5) is 8.87. The van der Waals surface area contributed by atoms with Crippen molar-refractivity contribution in [2.24, 2.45) is 11.3 Å². The number of fused-ring (bicyclic) bond motifs is 1. The highest BCUT2D eigenvalue weighted by Crippen LogP contribution is 2.38. The van der Waals surface area contributed by atoms with Gasteiger partial charge in [0.2, 0.25) is 0 Å². The predicted octanol–water partition coefficient (Wildman–Crippen LogP) is 4.01. The van der Waals surface area contributed by atoms with Crippen LogP contribution < -0.4 is 5.32 Å². The molecule has 1 saturated carbocycles. The van der Waals surface area contributed by atoms with Gasteiger partial charge in [0, 0.05) is 11.6 Å². The van der Waals surface area contributed by atoms with Gasteiger partial charge in [0.15, 0.2) is 0 Å². The molecule has 3 rings (SSSR count). The van der Waals surface area contributed by atoms with E-state index < -0.39 is 0 Å². The van der Waals surface area contributed by atoms with Crippen molar-refractivity contribution in [1.82, 2.24) is 19.6 Å². The molecule has 0 unspecified atom stereocenters. The lowest BCUT2D eigenvalue weighted by atomic mass is 9.71. The summed E-state index contributed by atoms with van der Waals surface area (Å²) in [7, 11) is 0. The number of aryl methyl sites for hydroxylation is 1. The second-order valence-electron chi connectivity index (χ2n) is 7.92. The Morgan fingerprint density at radius 2 is 1.91 bits per heavy atom. The zero-order valence-electron chi connectivity index (χ0n) is 15.1. The van der Waals surface area contributed by atoms with Gasteiger partial charge in [0.25, 0.3) is 5.78 Å². The minimum atomic E-state index is 0.423. The average molecular weight is 315 g/mol. The maximum absolute atomic E-state index is 4.60. The van der Waals surface area contributed by atoms with E-state index in [9.17, 15) is 0 Å². The van der Waals surface area contributed by atoms with Gasteiger partial charge in [0.05, 0.1) is 5.69 Å². The Bertz CT molecular complexity index is 675. The third-order valence-electron chi connectivity index (χ3n) is 5.39. The molecule has 0 saturated heterocycles. The zero-order valence-corrected chi connectivity index (χ0v) is 15.1. The van der Waals surface area contributed by atoms with Gasteiger partial charge in [-0.15, -0.1) is 0 Å². The smallest absolute Gasteiger partial charge is 0.254 e. The fourth-order valence-electron chi connectivity index (χ4n) is 3.78. The van der Waals surface area contributed by atoms with Crippen LogP contribution >= 0.6 is 0 Å². The first kappa shape index (κ1) is 16.2. The predicted molar refractivity (Wildman–Crippen MR) is 93.7 cm³/mol. The minimum Gasteiger partial charge on any atom is -0.367 e. The number of hydrogen-bond acceptors (Lipinski definition) is 4. The topological polar surface area (TPSA) is 55.1 Å². The summed E-state index contributed by atoms with van der Waals surface area (Å²) in [6.45, 7) is 11.4. The first-order chi connectivity index (χ1) is 10.9. The molecule has 1 aliphatic carbocycles. The molecule has 23 heavy (non-hydrogen) atoms. The van der Waals surface area contributed by atoms with E-state index in [4.69, 9.17) is 0 Å². The molecule has 0 aromatic carbocycles. The van der Waals surface area contributed by atoms with Gasteiger partial charge in [-0.3, -0.25) is 0 Å². The normalized spacial score (nSPS) is 22.5. The van der Waals surface area contributed by atoms with E-state index in [2.05, 4.69) is 55.0 Å². The van der Waals surface area contributed by atoms with E-state index >= 15 is 0 Å². The highest BCUT2D eigenvalue weighted by Gasteiger charge is 2.30. The van der Waals surface area contributed by atoms with Crippen LogP contribution in [0.15, 0.2) is 6.33 Å². The Hall–Kier alpha value is -1.65. The van der Waals surface area contributed by atoms with Gasteiger partial charge in [-0.05, 0) is 50.4 Å². The lowest BCUT2D eigenvalue weighted by molar-refractivity contribution is 0.173. The van der Waals surface area contributed by atoms with Gasteiger partial charge < -0.3 is 5.32 Å². The lowest BCUT2D eigenvalue weighted by Gasteiger charge is -2.37. The van der Waals surface area contributed by atoms with Crippen molar-refractivity contribution >= 4 is 11.6 Å². The van der Waals surface area contributed by atoms with Crippen molar-refractivity contribution in [2.45, 2.75) is 72.8 Å². The second kappa shape index (κ2) is 6.10. The summed E-state index contributed by atoms with van der Waals surface area (Å²) in [5.41, 5.74) is 2.73. The van der Waals surface area contributed by atoms with Crippen LogP contribution in [0.1, 0.15) is 64.6 Å². The molecule has 2 heterocycles. The fourth-order valence-corrected chi connectivity index (χ4v) is 3.78. The van der Waals surface area contributed by atoms with Crippen molar-refractivity contribution in [2.75, 3.05) is 5.32 Å². The molecule has 0 spiro atoms. The van der Waals surface area contributed by atoms with Gasteiger partial charge in [-0.25, -0.2) is 4.98 Å². The number of aromatic nitrogens is 4. The summed E-state index contributed by atoms with van der Waals surface area (Å²) in [5.74, 6) is 2.60. The molecule has 0 aliphatic heterocycles. The Labute approximate surface area is 138 Å². The Morgan fingerprint density at radius 3 is 2.52 bits per heavy atom. The van der Waals surface area contributed by atoms with Gasteiger partial charge in [-0.2, -0.15) is 14.6 Å². The molecule has 0 atom stereocenters. The average Bonchev–Trinajstić information content (AvgIpc) is 2.97. The highest BCUT2D eigenvalue weighted by atomic mass is 15.4. The Morgan fingerprint density at radius 1 is 1.22 bits per heavy atom. The highest BCUT2D eigenvalue weighted by molar-refractivity contribution is 5.52. The molecular weight excluding hydrogens is 286 g/mol. The summed E-state index contributed by atoms with van der Waals surface area (Å²) < 4.78 is 1.85. The van der Waals surface area contributed by atoms with Crippen molar-refractivity contribution in [3.63, 3.8) is 0 Å². The summed E-state index contributed by atoms with van der Waals surface area (Å²) in [6.07, 6.45) is 7.55. The summed E-state index contributed by atoms with van der Waals surface area (Å²) in [5, 5.41) is 8.10. The molecule has 1 aliphatic rings. The molecule has 1 fully saturated rings. The van der Waals surface area contributed by atoms with Crippen molar-refractivity contribution in [1.29, 1.82) is 0 Å². The van der Waals surface area contributed by atoms with Crippen LogP contribution in [0.25, 0.3) is 5.78 Å². The molecular formula is C18H29N5. The maximum atomic E-state index is 4.60. The third-order valence-corrected chi connectivity index (χ3v) is 5.39. The molecule has 1 N–H and O–H groups in total. The van der Waals surface area contributed by atoms with Crippen molar-refractivity contribution in [3.8, 4) is 0 Å². The van der Waals surface area contributed by atoms with Crippen LogP contribution in [0.5, 0.6) is 0 Å². The van der Waals surface area contributed by atoms with E-state index in [1.165, 1.54) is 31.2 Å². The molecule has 2 aromatic heterocycles. The maximum Gasteiger partial charge on any atom is 0.254 e. The molecule has 5 heteroatoms. The van der Waals surface area contributed by atoms with Crippen LogP contribution in [0.4, 0.5) is 5.82 Å². The Kier molecular flexibility index (Phi) is 4.30. The van der Waals surface area contributed by atoms with Crippen LogP contribution in [-0.4, -0.2) is 25.6 Å². The first-order valence-corrected chi connectivity index (χ1v) is 8.86. The van der Waals surface area contributed by atoms with Crippen LogP contribution in [-0.2, 0) is 6.42 Å². The number of anilines is 1. The molecule has 0 amide bonds. The van der Waals surface area contributed by atoms with E-state index in [1.54, 1.807) is 6.33 Å². The van der Waals surface area contributed by atoms with Gasteiger partial charge in [-0.1, -0.05) is 27.7 Å². The standard InChI is InChI=1S/C18H29N5/c1-6-15-12(2)16(23-17(22-15)19-11-20-23)21-14-9-7-13(8-10-14)18(3,4)5/h11,13-14,21H,6-10H2,1-5H3. The fraction of sp³-hybridized carbons (Fsp3) is 0.722. The quantitative estimate of drug-likeness (QED) is 0.929. The molecule has 126 valence electrons. The van der Waals surface area contributed by atoms with Gasteiger partial charge >= 0.3 is 0 Å². The second-order valence-corrected chi connectivity index (χ2v) is 7.92. The molecule has 0 bridgehead atoms. The van der Waals surface area contributed by atoms with E-state index in [-0.39, 0.29) is 0 Å². The van der Waals surface area contributed by atoms with E-state index in [1.807, 2.05) is 4.52 Å². The Balaban J connectivity index is 1.80. The summed E-state index contributed by atoms with van der Waals surface area (Å²) in [6, 6.07) is 0.520. The van der Waals surface area contributed by atoms with Crippen LogP contribution in [0.2, 0.25) is 0 Å². The van der Waals surface area contributed by atoms with E-state index in [0.29, 0.717) is 17.2 Å². The first-order valence-electron chi connectivity index (χ1n) is 8.86. The zero-order chi connectivity index (χ0) is 16.6. The molecule has 5 nitrogen and oxygen atoms in total. The molecule has 2 aromatic rings. The van der Waals surface area contributed by atoms with E-state index in [0.717, 1.165) is 23.9 Å². The number of nitrogens with zero attached hydrogens (tertiary/aromatic N) is 4. The van der Waals surface area contributed by atoms with Crippen LogP contribution in [0.3, 0.4) is 0 Å². The monoisotopic (exact) mass is 315 g/mol. The number of rotatable bonds is 3. The molecule has 0 radical (unpaired) electrons. The third kappa shape index (κ3) is 3.19. The minimum absolute atomic E-state index is 0.423. The summed E-state index contributed by atoms with van der Waals surface area (Å²) >= 11 is 0. The van der Waals surface area contributed by atoms with Gasteiger partial charge in [0.1, 0.15) is 12.1 Å². The largest absolute Gasteiger partial charge is 0.367 e. The van der Waals surface area contributed by atoms with Crippen LogP contribution in [0, 0.1) is 18.3 Å². The number of hydrogen-bond donors (Lipinski definition) is 1. The van der Waals surface area contributed by atoms with Crippen molar-refractivity contribution in [3.05, 3.63) is 17.6 Å². The lowest BCUT2D eigenvalue weighted by Crippen LogP contribution is -2.32. The number of nitrogens with one attached hydrogen (secondary N) is 1. The SMILES string of the molecule is CCc1nc2ncnn2c(NC2CCC(C(C)(C)C)CC2)c1C.